The van der Waals surface area contributed by atoms with Crippen LogP contribution in [0, 0.1) is 0 Å². The Morgan fingerprint density at radius 3 is 2.35 bits per heavy atom. The van der Waals surface area contributed by atoms with E-state index < -0.39 is 5.97 Å². The maximum Gasteiger partial charge on any atom is 0.337 e. The van der Waals surface area contributed by atoms with Gasteiger partial charge in [-0.1, -0.05) is 12.1 Å². The van der Waals surface area contributed by atoms with E-state index in [2.05, 4.69) is 4.74 Å². The van der Waals surface area contributed by atoms with Crippen LogP contribution in [0.4, 0.5) is 0 Å². The second kappa shape index (κ2) is 8.04. The van der Waals surface area contributed by atoms with Crippen LogP contribution in [-0.4, -0.2) is 32.6 Å². The Bertz CT molecular complexity index is 825. The first-order valence-corrected chi connectivity index (χ1v) is 8.66. The molecule has 0 aliphatic heterocycles. The Morgan fingerprint density at radius 1 is 0.885 bits per heavy atom. The van der Waals surface area contributed by atoms with Crippen molar-refractivity contribution < 1.29 is 23.8 Å². The van der Waals surface area contributed by atoms with Crippen LogP contribution in [0.2, 0.25) is 0 Å². The van der Waals surface area contributed by atoms with Crippen molar-refractivity contribution in [1.82, 2.24) is 0 Å². The van der Waals surface area contributed by atoms with Gasteiger partial charge in [0.15, 0.2) is 23.9 Å². The van der Waals surface area contributed by atoms with Gasteiger partial charge in [-0.3, -0.25) is 4.79 Å². The van der Waals surface area contributed by atoms with Gasteiger partial charge in [-0.2, -0.15) is 0 Å². The lowest BCUT2D eigenvalue weighted by Crippen LogP contribution is -2.14. The van der Waals surface area contributed by atoms with Crippen molar-refractivity contribution in [2.45, 2.75) is 25.7 Å². The number of carbonyl (C=O) groups is 2. The van der Waals surface area contributed by atoms with Gasteiger partial charge in [0.05, 0.1) is 19.8 Å². The number of hydrogen-bond acceptors (Lipinski definition) is 5. The van der Waals surface area contributed by atoms with E-state index in [4.69, 9.17) is 9.47 Å². The summed E-state index contributed by atoms with van der Waals surface area (Å²) in [6.45, 7) is -0.0906. The lowest BCUT2D eigenvalue weighted by Gasteiger charge is -2.16. The fraction of sp³-hybridized carbons (Fsp3) is 0.333. The summed E-state index contributed by atoms with van der Waals surface area (Å²) in [6, 6.07) is 10.6. The normalized spacial score (nSPS) is 12.8. The Kier molecular flexibility index (Phi) is 5.56. The lowest BCUT2D eigenvalue weighted by molar-refractivity contribution is 0.0600. The molecule has 0 N–H and O–H groups in total. The van der Waals surface area contributed by atoms with Crippen molar-refractivity contribution in [3.05, 3.63) is 58.7 Å². The van der Waals surface area contributed by atoms with E-state index >= 15 is 0 Å². The maximum absolute atomic E-state index is 12.5. The van der Waals surface area contributed by atoms with Crippen molar-refractivity contribution in [1.29, 1.82) is 0 Å². The molecule has 1 aliphatic rings. The molecule has 0 saturated carbocycles. The van der Waals surface area contributed by atoms with Crippen LogP contribution < -0.4 is 9.47 Å². The summed E-state index contributed by atoms with van der Waals surface area (Å²) in [7, 11) is 2.80. The fourth-order valence-corrected chi connectivity index (χ4v) is 3.17. The molecule has 2 aromatic carbocycles. The van der Waals surface area contributed by atoms with Crippen LogP contribution in [0.3, 0.4) is 0 Å². The van der Waals surface area contributed by atoms with E-state index in [1.165, 1.54) is 44.3 Å². The fourth-order valence-electron chi connectivity index (χ4n) is 3.17. The van der Waals surface area contributed by atoms with Gasteiger partial charge in [0.25, 0.3) is 0 Å². The van der Waals surface area contributed by atoms with Crippen molar-refractivity contribution in [2.75, 3.05) is 20.8 Å². The number of methoxy groups -OCH3 is 2. The first-order chi connectivity index (χ1) is 12.6. The van der Waals surface area contributed by atoms with E-state index in [-0.39, 0.29) is 12.4 Å². The van der Waals surface area contributed by atoms with Gasteiger partial charge in [-0.05, 0) is 61.1 Å². The van der Waals surface area contributed by atoms with E-state index in [1.807, 2.05) is 18.2 Å². The topological polar surface area (TPSA) is 61.8 Å². The standard InChI is InChI=1S/C21H22O5/c1-24-20-12-17(21(23)25-2)9-10-19(20)26-13-18(22)16-8-7-14-5-3-4-6-15(14)11-16/h7-12H,3-6,13H2,1-2H3. The third-order valence-electron chi connectivity index (χ3n) is 4.61. The monoisotopic (exact) mass is 354 g/mol. The van der Waals surface area contributed by atoms with Gasteiger partial charge in [0.2, 0.25) is 0 Å². The second-order valence-corrected chi connectivity index (χ2v) is 6.26. The molecule has 0 spiro atoms. The van der Waals surface area contributed by atoms with Crippen LogP contribution in [-0.2, 0) is 17.6 Å². The Hall–Kier alpha value is -2.82. The zero-order chi connectivity index (χ0) is 18.5. The number of benzene rings is 2. The zero-order valence-electron chi connectivity index (χ0n) is 15.0. The molecule has 0 atom stereocenters. The molecule has 136 valence electrons. The van der Waals surface area contributed by atoms with Gasteiger partial charge in [-0.15, -0.1) is 0 Å². The van der Waals surface area contributed by atoms with E-state index in [0.29, 0.717) is 22.6 Å². The van der Waals surface area contributed by atoms with Crippen LogP contribution in [0.25, 0.3) is 0 Å². The summed E-state index contributed by atoms with van der Waals surface area (Å²) in [5.41, 5.74) is 3.63. The van der Waals surface area contributed by atoms with Crippen LogP contribution >= 0.6 is 0 Å². The number of esters is 1. The molecule has 5 nitrogen and oxygen atoms in total. The minimum atomic E-state index is -0.458. The largest absolute Gasteiger partial charge is 0.493 e. The maximum atomic E-state index is 12.5. The van der Waals surface area contributed by atoms with Crippen LogP contribution in [0.15, 0.2) is 36.4 Å². The molecule has 26 heavy (non-hydrogen) atoms. The van der Waals surface area contributed by atoms with Crippen molar-refractivity contribution >= 4 is 11.8 Å². The zero-order valence-corrected chi connectivity index (χ0v) is 15.0. The van der Waals surface area contributed by atoms with Crippen molar-refractivity contribution in [3.63, 3.8) is 0 Å². The van der Waals surface area contributed by atoms with E-state index in [1.54, 1.807) is 12.1 Å². The minimum absolute atomic E-state index is 0.0857. The van der Waals surface area contributed by atoms with Gasteiger partial charge >= 0.3 is 5.97 Å². The molecule has 3 rings (SSSR count). The summed E-state index contributed by atoms with van der Waals surface area (Å²) in [4.78, 5) is 24.1. The molecule has 0 saturated heterocycles. The number of fused-ring (bicyclic) bond motifs is 1. The molecule has 0 amide bonds. The highest BCUT2D eigenvalue weighted by Gasteiger charge is 2.15. The molecule has 0 fully saturated rings. The number of rotatable bonds is 6. The highest BCUT2D eigenvalue weighted by Crippen LogP contribution is 2.29. The Labute approximate surface area is 152 Å². The number of Topliss-reactive ketones (excluding diaryl/α,β-unsaturated/α-hetero) is 1. The number of hydrogen-bond donors (Lipinski definition) is 0. The second-order valence-electron chi connectivity index (χ2n) is 6.26. The first kappa shape index (κ1) is 18.0. The highest BCUT2D eigenvalue weighted by atomic mass is 16.5. The van der Waals surface area contributed by atoms with Crippen LogP contribution in [0.5, 0.6) is 11.5 Å². The average Bonchev–Trinajstić information content (AvgIpc) is 2.70. The number of aryl methyl sites for hydroxylation is 2. The SMILES string of the molecule is COC(=O)c1ccc(OCC(=O)c2ccc3c(c2)CCCC3)c(OC)c1. The third-order valence-corrected chi connectivity index (χ3v) is 4.61. The summed E-state index contributed by atoms with van der Waals surface area (Å²) >= 11 is 0. The van der Waals surface area contributed by atoms with Crippen molar-refractivity contribution in [3.8, 4) is 11.5 Å². The predicted molar refractivity (Wildman–Crippen MR) is 97.2 cm³/mol. The van der Waals surface area contributed by atoms with Gasteiger partial charge in [-0.25, -0.2) is 4.79 Å². The lowest BCUT2D eigenvalue weighted by atomic mass is 9.90. The molecular weight excluding hydrogens is 332 g/mol. The van der Waals surface area contributed by atoms with E-state index in [9.17, 15) is 9.59 Å². The van der Waals surface area contributed by atoms with Crippen molar-refractivity contribution in [2.24, 2.45) is 0 Å². The summed E-state index contributed by atoms with van der Waals surface area (Å²) in [5.74, 6) is 0.245. The molecule has 0 heterocycles. The minimum Gasteiger partial charge on any atom is -0.493 e. The summed E-state index contributed by atoms with van der Waals surface area (Å²) < 4.78 is 15.6. The van der Waals surface area contributed by atoms with E-state index in [0.717, 1.165) is 12.8 Å². The first-order valence-electron chi connectivity index (χ1n) is 8.66. The van der Waals surface area contributed by atoms with Gasteiger partial charge in [0, 0.05) is 5.56 Å². The predicted octanol–water partition coefficient (Wildman–Crippen LogP) is 3.62. The summed E-state index contributed by atoms with van der Waals surface area (Å²) in [5, 5.41) is 0. The molecule has 0 radical (unpaired) electrons. The quantitative estimate of drug-likeness (QED) is 0.586. The molecule has 1 aliphatic carbocycles. The third kappa shape index (κ3) is 3.87. The number of ether oxygens (including phenoxy) is 3. The molecule has 0 bridgehead atoms. The number of ketones is 1. The highest BCUT2D eigenvalue weighted by molar-refractivity contribution is 5.97. The molecule has 2 aromatic rings. The Morgan fingerprint density at radius 2 is 1.62 bits per heavy atom. The summed E-state index contributed by atoms with van der Waals surface area (Å²) in [6.07, 6.45) is 4.50. The Balaban J connectivity index is 1.70. The van der Waals surface area contributed by atoms with Gasteiger partial charge in [0.1, 0.15) is 0 Å². The average molecular weight is 354 g/mol. The smallest absolute Gasteiger partial charge is 0.337 e. The molecular formula is C21H22O5. The van der Waals surface area contributed by atoms with Gasteiger partial charge < -0.3 is 14.2 Å². The number of carbonyl (C=O) groups excluding carboxylic acids is 2. The molecule has 5 heteroatoms. The van der Waals surface area contributed by atoms with Crippen LogP contribution in [0.1, 0.15) is 44.7 Å². The molecule has 0 aromatic heterocycles. The molecule has 0 unspecified atom stereocenters.